The molecule has 0 amide bonds. The van der Waals surface area contributed by atoms with Crippen LogP contribution in [-0.4, -0.2) is 23.1 Å². The van der Waals surface area contributed by atoms with E-state index in [0.717, 1.165) is 51.0 Å². The van der Waals surface area contributed by atoms with Crippen LogP contribution in [0.5, 0.6) is 0 Å². The van der Waals surface area contributed by atoms with Gasteiger partial charge in [-0.25, -0.2) is 9.78 Å². The molecule has 1 aliphatic carbocycles. The van der Waals surface area contributed by atoms with Crippen LogP contribution in [0.15, 0.2) is 17.6 Å². The maximum atomic E-state index is 12.3. The van der Waals surface area contributed by atoms with Gasteiger partial charge in [0.2, 0.25) is 0 Å². The average Bonchev–Trinajstić information content (AvgIpc) is 3.17. The van der Waals surface area contributed by atoms with Gasteiger partial charge in [0.1, 0.15) is 4.83 Å². The summed E-state index contributed by atoms with van der Waals surface area (Å²) in [7, 11) is 1.90. The second-order valence-electron chi connectivity index (χ2n) is 7.68. The maximum Gasteiger partial charge on any atom is 0.337 e. The lowest BCUT2D eigenvalue weighted by atomic mass is 9.76. The number of carboxylic acid groups (broad SMARTS) is 1. The SMILES string of the molecule is CNCc1cnc2sccc2c1-c1sc2c(c1C(=O)O)CC(C)(C)CC2. The second kappa shape index (κ2) is 6.44. The van der Waals surface area contributed by atoms with E-state index >= 15 is 0 Å². The van der Waals surface area contributed by atoms with Crippen LogP contribution in [0.3, 0.4) is 0 Å². The van der Waals surface area contributed by atoms with Crippen molar-refractivity contribution < 1.29 is 9.90 Å². The minimum atomic E-state index is -0.814. The molecule has 3 aromatic heterocycles. The molecule has 0 fully saturated rings. The molecule has 3 aromatic rings. The first kappa shape index (κ1) is 17.6. The molecule has 0 atom stereocenters. The van der Waals surface area contributed by atoms with E-state index in [4.69, 9.17) is 0 Å². The summed E-state index contributed by atoms with van der Waals surface area (Å²) in [5.41, 5.74) is 3.80. The number of hydrogen-bond acceptors (Lipinski definition) is 5. The number of aryl methyl sites for hydroxylation is 1. The van der Waals surface area contributed by atoms with Crippen molar-refractivity contribution >= 4 is 38.9 Å². The largest absolute Gasteiger partial charge is 0.478 e. The molecule has 26 heavy (non-hydrogen) atoms. The topological polar surface area (TPSA) is 62.2 Å². The summed E-state index contributed by atoms with van der Waals surface area (Å²) in [4.78, 5) is 19.9. The normalized spacial score (nSPS) is 16.0. The lowest BCUT2D eigenvalue weighted by Crippen LogP contribution is -2.22. The Hall–Kier alpha value is -1.76. The summed E-state index contributed by atoms with van der Waals surface area (Å²) in [5.74, 6) is -0.814. The fraction of sp³-hybridized carbons (Fsp3) is 0.400. The predicted octanol–water partition coefficient (Wildman–Crippen LogP) is 4.96. The Morgan fingerprint density at radius 2 is 2.23 bits per heavy atom. The Morgan fingerprint density at radius 1 is 1.42 bits per heavy atom. The van der Waals surface area contributed by atoms with Crippen molar-refractivity contribution in [3.63, 3.8) is 0 Å². The first-order chi connectivity index (χ1) is 12.4. The van der Waals surface area contributed by atoms with Crippen molar-refractivity contribution in [3.8, 4) is 10.4 Å². The molecule has 0 saturated heterocycles. The highest BCUT2D eigenvalue weighted by molar-refractivity contribution is 7.17. The highest BCUT2D eigenvalue weighted by Crippen LogP contribution is 2.47. The molecule has 0 radical (unpaired) electrons. The van der Waals surface area contributed by atoms with Gasteiger partial charge in [-0.1, -0.05) is 13.8 Å². The third kappa shape index (κ3) is 2.86. The van der Waals surface area contributed by atoms with Crippen LogP contribution in [0.1, 0.15) is 46.6 Å². The van der Waals surface area contributed by atoms with Crippen molar-refractivity contribution in [2.75, 3.05) is 7.05 Å². The molecule has 0 bridgehead atoms. The Labute approximate surface area is 160 Å². The van der Waals surface area contributed by atoms with Gasteiger partial charge >= 0.3 is 5.97 Å². The number of pyridine rings is 1. The number of fused-ring (bicyclic) bond motifs is 2. The van der Waals surface area contributed by atoms with Gasteiger partial charge < -0.3 is 10.4 Å². The quantitative estimate of drug-likeness (QED) is 0.665. The molecule has 1 aliphatic rings. The minimum absolute atomic E-state index is 0.152. The first-order valence-electron chi connectivity index (χ1n) is 8.79. The Morgan fingerprint density at radius 3 is 2.96 bits per heavy atom. The van der Waals surface area contributed by atoms with Crippen molar-refractivity contribution in [3.05, 3.63) is 39.2 Å². The molecular formula is C20H22N2O2S2. The molecule has 4 rings (SSSR count). The number of nitrogens with one attached hydrogen (secondary N) is 1. The molecule has 0 unspecified atom stereocenters. The molecule has 0 spiro atoms. The van der Waals surface area contributed by atoms with Crippen LogP contribution in [0.4, 0.5) is 0 Å². The van der Waals surface area contributed by atoms with E-state index in [9.17, 15) is 9.90 Å². The lowest BCUT2D eigenvalue weighted by Gasteiger charge is -2.29. The smallest absolute Gasteiger partial charge is 0.337 e. The first-order valence-corrected chi connectivity index (χ1v) is 10.5. The summed E-state index contributed by atoms with van der Waals surface area (Å²) < 4.78 is 0. The van der Waals surface area contributed by atoms with Crippen molar-refractivity contribution in [1.29, 1.82) is 0 Å². The Bertz CT molecular complexity index is 1000. The van der Waals surface area contributed by atoms with E-state index in [2.05, 4.69) is 30.2 Å². The van der Waals surface area contributed by atoms with Crippen LogP contribution in [-0.2, 0) is 19.4 Å². The van der Waals surface area contributed by atoms with Crippen molar-refractivity contribution in [2.45, 2.75) is 39.7 Å². The molecule has 0 aromatic carbocycles. The van der Waals surface area contributed by atoms with Gasteiger partial charge in [-0.05, 0) is 54.3 Å². The molecule has 6 heteroatoms. The third-order valence-corrected chi connectivity index (χ3v) is 7.29. The molecular weight excluding hydrogens is 364 g/mol. The fourth-order valence-corrected chi connectivity index (χ4v) is 6.03. The van der Waals surface area contributed by atoms with Crippen LogP contribution in [0, 0.1) is 5.41 Å². The number of thiophene rings is 2. The van der Waals surface area contributed by atoms with E-state index < -0.39 is 5.97 Å². The van der Waals surface area contributed by atoms with Crippen molar-refractivity contribution in [1.82, 2.24) is 10.3 Å². The summed E-state index contributed by atoms with van der Waals surface area (Å²) in [6.07, 6.45) is 4.79. The van der Waals surface area contributed by atoms with Crippen LogP contribution in [0.2, 0.25) is 0 Å². The van der Waals surface area contributed by atoms with Gasteiger partial charge in [-0.2, -0.15) is 0 Å². The van der Waals surface area contributed by atoms with Gasteiger partial charge in [0.25, 0.3) is 0 Å². The Balaban J connectivity index is 2.01. The zero-order chi connectivity index (χ0) is 18.5. The number of carboxylic acids is 1. The number of nitrogens with zero attached hydrogens (tertiary/aromatic N) is 1. The minimum Gasteiger partial charge on any atom is -0.478 e. The number of rotatable bonds is 4. The zero-order valence-electron chi connectivity index (χ0n) is 15.2. The van der Waals surface area contributed by atoms with Crippen LogP contribution < -0.4 is 5.32 Å². The number of aromatic carboxylic acids is 1. The molecule has 0 saturated carbocycles. The summed E-state index contributed by atoms with van der Waals surface area (Å²) in [6, 6.07) is 2.07. The Kier molecular flexibility index (Phi) is 4.37. The van der Waals surface area contributed by atoms with E-state index in [1.807, 2.05) is 18.6 Å². The summed E-state index contributed by atoms with van der Waals surface area (Å²) in [5, 5.41) is 16.3. The van der Waals surface area contributed by atoms with E-state index in [0.29, 0.717) is 12.1 Å². The van der Waals surface area contributed by atoms with Gasteiger partial charge in [0, 0.05) is 28.6 Å². The van der Waals surface area contributed by atoms with Crippen LogP contribution in [0.25, 0.3) is 20.7 Å². The monoisotopic (exact) mass is 386 g/mol. The highest BCUT2D eigenvalue weighted by Gasteiger charge is 2.33. The standard InChI is InChI=1S/C20H22N2O2S2/c1-20(2)6-4-14-13(8-20)16(19(23)24)17(26-14)15-11(9-21-3)10-22-18-12(15)5-7-25-18/h5,7,10,21H,4,6,8-9H2,1-3H3,(H,23,24). The van der Waals surface area contributed by atoms with Crippen LogP contribution >= 0.6 is 22.7 Å². The predicted molar refractivity (Wildman–Crippen MR) is 108 cm³/mol. The summed E-state index contributed by atoms with van der Waals surface area (Å²) in [6.45, 7) is 5.13. The van der Waals surface area contributed by atoms with Gasteiger partial charge in [0.15, 0.2) is 0 Å². The number of carbonyl (C=O) groups is 1. The average molecular weight is 387 g/mol. The highest BCUT2D eigenvalue weighted by atomic mass is 32.1. The molecule has 2 N–H and O–H groups in total. The van der Waals surface area contributed by atoms with Crippen molar-refractivity contribution in [2.24, 2.45) is 5.41 Å². The fourth-order valence-electron chi connectivity index (χ4n) is 3.88. The van der Waals surface area contributed by atoms with Gasteiger partial charge in [-0.3, -0.25) is 0 Å². The maximum absolute atomic E-state index is 12.3. The molecule has 3 heterocycles. The molecule has 136 valence electrons. The van der Waals surface area contributed by atoms with E-state index in [1.165, 1.54) is 4.88 Å². The van der Waals surface area contributed by atoms with E-state index in [-0.39, 0.29) is 5.41 Å². The van der Waals surface area contributed by atoms with Gasteiger partial charge in [0.05, 0.1) is 10.4 Å². The second-order valence-corrected chi connectivity index (χ2v) is 9.68. The summed E-state index contributed by atoms with van der Waals surface area (Å²) >= 11 is 3.27. The van der Waals surface area contributed by atoms with Gasteiger partial charge in [-0.15, -0.1) is 22.7 Å². The number of aromatic nitrogens is 1. The molecule has 4 nitrogen and oxygen atoms in total. The number of hydrogen-bond donors (Lipinski definition) is 2. The zero-order valence-corrected chi connectivity index (χ0v) is 16.8. The molecule has 0 aliphatic heterocycles. The lowest BCUT2D eigenvalue weighted by molar-refractivity contribution is 0.0696. The van der Waals surface area contributed by atoms with E-state index in [1.54, 1.807) is 22.7 Å². The third-order valence-electron chi connectivity index (χ3n) is 5.16.